The molecule has 1 saturated heterocycles. The number of aliphatic carboxylic acids is 1. The quantitative estimate of drug-likeness (QED) is 0.892. The Hall–Kier alpha value is -1.06. The normalized spacial score (nSPS) is 20.2. The van der Waals surface area contributed by atoms with E-state index in [1.807, 2.05) is 24.3 Å². The van der Waals surface area contributed by atoms with E-state index in [0.717, 1.165) is 43.8 Å². The molecule has 0 aromatic heterocycles. The Morgan fingerprint density at radius 2 is 2.11 bits per heavy atom. The van der Waals surface area contributed by atoms with Gasteiger partial charge in [0, 0.05) is 5.02 Å². The molecule has 4 heteroatoms. The molecule has 2 rings (SSSR count). The molecule has 0 bridgehead atoms. The first-order valence-corrected chi connectivity index (χ1v) is 6.76. The summed E-state index contributed by atoms with van der Waals surface area (Å²) in [6.07, 6.45) is 3.75. The standard InChI is InChI=1S/C14H18ClNO2/c15-12-7-5-11(6-8-12)3-1-9-16-10-2-4-13(16)14(17)18/h5-8,13H,1-4,9-10H2,(H,17,18)/t13-/m0/s1. The molecule has 1 aliphatic heterocycles. The zero-order chi connectivity index (χ0) is 13.0. The van der Waals surface area contributed by atoms with E-state index in [1.165, 1.54) is 5.56 Å². The van der Waals surface area contributed by atoms with Gasteiger partial charge in [-0.25, -0.2) is 0 Å². The van der Waals surface area contributed by atoms with Crippen molar-refractivity contribution >= 4 is 17.6 Å². The van der Waals surface area contributed by atoms with Crippen molar-refractivity contribution in [3.8, 4) is 0 Å². The summed E-state index contributed by atoms with van der Waals surface area (Å²) in [5, 5.41) is 9.83. The number of likely N-dealkylation sites (tertiary alicyclic amines) is 1. The molecule has 0 amide bonds. The van der Waals surface area contributed by atoms with E-state index in [4.69, 9.17) is 16.7 Å². The van der Waals surface area contributed by atoms with E-state index < -0.39 is 5.97 Å². The van der Waals surface area contributed by atoms with Gasteiger partial charge in [0.15, 0.2) is 0 Å². The average molecular weight is 268 g/mol. The molecular formula is C14H18ClNO2. The molecule has 1 atom stereocenters. The van der Waals surface area contributed by atoms with Crippen LogP contribution in [0, 0.1) is 0 Å². The Morgan fingerprint density at radius 3 is 2.78 bits per heavy atom. The van der Waals surface area contributed by atoms with Crippen LogP contribution in [0.4, 0.5) is 0 Å². The monoisotopic (exact) mass is 267 g/mol. The first kappa shape index (κ1) is 13.4. The van der Waals surface area contributed by atoms with Gasteiger partial charge >= 0.3 is 5.97 Å². The fraction of sp³-hybridized carbons (Fsp3) is 0.500. The number of aryl methyl sites for hydroxylation is 1. The van der Waals surface area contributed by atoms with E-state index in [9.17, 15) is 4.79 Å². The van der Waals surface area contributed by atoms with Crippen LogP contribution in [0.25, 0.3) is 0 Å². The van der Waals surface area contributed by atoms with Gasteiger partial charge in [-0.3, -0.25) is 9.69 Å². The summed E-state index contributed by atoms with van der Waals surface area (Å²) >= 11 is 5.83. The van der Waals surface area contributed by atoms with Crippen molar-refractivity contribution in [2.75, 3.05) is 13.1 Å². The zero-order valence-electron chi connectivity index (χ0n) is 10.3. The zero-order valence-corrected chi connectivity index (χ0v) is 11.1. The second-order valence-corrected chi connectivity index (χ2v) is 5.20. The molecule has 3 nitrogen and oxygen atoms in total. The van der Waals surface area contributed by atoms with Gasteiger partial charge in [0.1, 0.15) is 6.04 Å². The lowest BCUT2D eigenvalue weighted by Gasteiger charge is -2.20. The van der Waals surface area contributed by atoms with Gasteiger partial charge in [-0.2, -0.15) is 0 Å². The van der Waals surface area contributed by atoms with Gasteiger partial charge in [-0.15, -0.1) is 0 Å². The number of hydrogen-bond donors (Lipinski definition) is 1. The number of benzene rings is 1. The summed E-state index contributed by atoms with van der Waals surface area (Å²) in [4.78, 5) is 13.1. The molecule has 1 heterocycles. The highest BCUT2D eigenvalue weighted by molar-refractivity contribution is 6.30. The minimum absolute atomic E-state index is 0.268. The molecule has 1 N–H and O–H groups in total. The number of rotatable bonds is 5. The third-order valence-corrected chi connectivity index (χ3v) is 3.72. The summed E-state index contributed by atoms with van der Waals surface area (Å²) in [6.45, 7) is 1.77. The van der Waals surface area contributed by atoms with Gasteiger partial charge in [-0.1, -0.05) is 23.7 Å². The number of carboxylic acids is 1. The lowest BCUT2D eigenvalue weighted by molar-refractivity contribution is -0.142. The smallest absolute Gasteiger partial charge is 0.320 e. The Balaban J connectivity index is 1.78. The van der Waals surface area contributed by atoms with E-state index >= 15 is 0 Å². The number of carboxylic acid groups (broad SMARTS) is 1. The SMILES string of the molecule is O=C(O)[C@@H]1CCCN1CCCc1ccc(Cl)cc1. The molecule has 0 spiro atoms. The molecule has 0 aliphatic carbocycles. The van der Waals surface area contributed by atoms with Crippen molar-refractivity contribution in [3.63, 3.8) is 0 Å². The Bertz CT molecular complexity index is 405. The number of halogens is 1. The van der Waals surface area contributed by atoms with Gasteiger partial charge in [0.05, 0.1) is 0 Å². The molecule has 1 fully saturated rings. The maximum absolute atomic E-state index is 11.0. The predicted molar refractivity (Wildman–Crippen MR) is 72.0 cm³/mol. The largest absolute Gasteiger partial charge is 0.480 e. The molecule has 0 saturated carbocycles. The summed E-state index contributed by atoms with van der Waals surface area (Å²) in [5.74, 6) is -0.681. The van der Waals surface area contributed by atoms with Crippen LogP contribution >= 0.6 is 11.6 Å². The highest BCUT2D eigenvalue weighted by atomic mass is 35.5. The van der Waals surface area contributed by atoms with Crippen molar-refractivity contribution in [2.45, 2.75) is 31.7 Å². The number of carbonyl (C=O) groups is 1. The fourth-order valence-electron chi connectivity index (χ4n) is 2.51. The average Bonchev–Trinajstić information content (AvgIpc) is 2.80. The van der Waals surface area contributed by atoms with Crippen LogP contribution in [0.3, 0.4) is 0 Å². The summed E-state index contributed by atoms with van der Waals surface area (Å²) in [7, 11) is 0. The molecule has 1 aromatic carbocycles. The van der Waals surface area contributed by atoms with Crippen LogP contribution < -0.4 is 0 Å². The van der Waals surface area contributed by atoms with Crippen LogP contribution in [0.5, 0.6) is 0 Å². The van der Waals surface area contributed by atoms with Crippen molar-refractivity contribution in [2.24, 2.45) is 0 Å². The van der Waals surface area contributed by atoms with Crippen LogP contribution in [0.15, 0.2) is 24.3 Å². The summed E-state index contributed by atoms with van der Waals surface area (Å²) in [5.41, 5.74) is 1.26. The minimum atomic E-state index is -0.681. The molecular weight excluding hydrogens is 250 g/mol. The second-order valence-electron chi connectivity index (χ2n) is 4.76. The van der Waals surface area contributed by atoms with Gasteiger partial charge < -0.3 is 5.11 Å². The molecule has 0 unspecified atom stereocenters. The van der Waals surface area contributed by atoms with Crippen LogP contribution in [0.1, 0.15) is 24.8 Å². The molecule has 1 aromatic rings. The van der Waals surface area contributed by atoms with Gasteiger partial charge in [-0.05, 0) is 56.5 Å². The van der Waals surface area contributed by atoms with E-state index in [1.54, 1.807) is 0 Å². The molecule has 18 heavy (non-hydrogen) atoms. The third-order valence-electron chi connectivity index (χ3n) is 3.47. The lowest BCUT2D eigenvalue weighted by Crippen LogP contribution is -2.36. The molecule has 0 radical (unpaired) electrons. The van der Waals surface area contributed by atoms with Gasteiger partial charge in [0.25, 0.3) is 0 Å². The van der Waals surface area contributed by atoms with Crippen LogP contribution in [0.2, 0.25) is 5.02 Å². The Morgan fingerprint density at radius 1 is 1.39 bits per heavy atom. The fourth-order valence-corrected chi connectivity index (χ4v) is 2.64. The second kappa shape index (κ2) is 6.21. The Labute approximate surface area is 112 Å². The maximum Gasteiger partial charge on any atom is 0.320 e. The topological polar surface area (TPSA) is 40.5 Å². The first-order valence-electron chi connectivity index (χ1n) is 6.38. The van der Waals surface area contributed by atoms with Gasteiger partial charge in [0.2, 0.25) is 0 Å². The predicted octanol–water partition coefficient (Wildman–Crippen LogP) is 2.82. The van der Waals surface area contributed by atoms with E-state index in [-0.39, 0.29) is 6.04 Å². The molecule has 1 aliphatic rings. The highest BCUT2D eigenvalue weighted by Gasteiger charge is 2.29. The minimum Gasteiger partial charge on any atom is -0.480 e. The van der Waals surface area contributed by atoms with Crippen molar-refractivity contribution in [1.82, 2.24) is 4.90 Å². The maximum atomic E-state index is 11.0. The van der Waals surface area contributed by atoms with Crippen molar-refractivity contribution in [3.05, 3.63) is 34.9 Å². The number of nitrogens with zero attached hydrogens (tertiary/aromatic N) is 1. The summed E-state index contributed by atoms with van der Waals surface area (Å²) in [6, 6.07) is 7.58. The van der Waals surface area contributed by atoms with E-state index in [2.05, 4.69) is 4.90 Å². The van der Waals surface area contributed by atoms with Crippen LogP contribution in [-0.4, -0.2) is 35.1 Å². The highest BCUT2D eigenvalue weighted by Crippen LogP contribution is 2.18. The number of hydrogen-bond acceptors (Lipinski definition) is 2. The Kier molecular flexibility index (Phi) is 4.61. The van der Waals surface area contributed by atoms with Crippen molar-refractivity contribution < 1.29 is 9.90 Å². The van der Waals surface area contributed by atoms with E-state index in [0.29, 0.717) is 0 Å². The summed E-state index contributed by atoms with van der Waals surface area (Å²) < 4.78 is 0. The van der Waals surface area contributed by atoms with Crippen molar-refractivity contribution in [1.29, 1.82) is 0 Å². The third kappa shape index (κ3) is 3.47. The lowest BCUT2D eigenvalue weighted by atomic mass is 10.1. The first-order chi connectivity index (χ1) is 8.66. The molecule has 98 valence electrons. The van der Waals surface area contributed by atoms with Crippen LogP contribution in [-0.2, 0) is 11.2 Å².